The van der Waals surface area contributed by atoms with Crippen molar-refractivity contribution in [1.29, 1.82) is 0 Å². The molecule has 5 nitrogen and oxygen atoms in total. The molecule has 5 heteroatoms. The van der Waals surface area contributed by atoms with Gasteiger partial charge < -0.3 is 14.6 Å². The van der Waals surface area contributed by atoms with E-state index in [1.54, 1.807) is 0 Å². The number of likely N-dealkylation sites (N-methyl/N-ethyl adjacent to an activating group) is 1. The molecule has 0 aliphatic heterocycles. The zero-order valence-electron chi connectivity index (χ0n) is 13.6. The standard InChI is InChI=1S/C16H27N3O2/c1-12(2)14-18-9-11-19(14)10-7-13-6-5-8-16(13,17-3)15(20)21-4/h9,11-13,17H,5-8,10H2,1-4H3. The van der Waals surface area contributed by atoms with Crippen molar-refractivity contribution in [2.24, 2.45) is 5.92 Å². The Morgan fingerprint density at radius 1 is 1.62 bits per heavy atom. The fourth-order valence-corrected chi connectivity index (χ4v) is 3.66. The fraction of sp³-hybridized carbons (Fsp3) is 0.750. The maximum absolute atomic E-state index is 12.2. The van der Waals surface area contributed by atoms with E-state index in [9.17, 15) is 4.79 Å². The summed E-state index contributed by atoms with van der Waals surface area (Å²) in [5.41, 5.74) is -0.507. The summed E-state index contributed by atoms with van der Waals surface area (Å²) in [6.45, 7) is 5.21. The Morgan fingerprint density at radius 2 is 2.38 bits per heavy atom. The Bertz CT molecular complexity index is 484. The largest absolute Gasteiger partial charge is 0.468 e. The van der Waals surface area contributed by atoms with Crippen molar-refractivity contribution in [2.45, 2.75) is 57.5 Å². The highest BCUT2D eigenvalue weighted by Gasteiger charge is 2.48. The predicted molar refractivity (Wildman–Crippen MR) is 82.1 cm³/mol. The highest BCUT2D eigenvalue weighted by molar-refractivity contribution is 5.81. The summed E-state index contributed by atoms with van der Waals surface area (Å²) in [4.78, 5) is 16.6. The Morgan fingerprint density at radius 3 is 3.00 bits per heavy atom. The number of nitrogens with one attached hydrogen (secondary N) is 1. The van der Waals surface area contributed by atoms with Gasteiger partial charge in [0.2, 0.25) is 0 Å². The summed E-state index contributed by atoms with van der Waals surface area (Å²) >= 11 is 0. The molecule has 0 bridgehead atoms. The van der Waals surface area contributed by atoms with Crippen LogP contribution in [0.15, 0.2) is 12.4 Å². The molecule has 0 amide bonds. The summed E-state index contributed by atoms with van der Waals surface area (Å²) in [6, 6.07) is 0. The van der Waals surface area contributed by atoms with Gasteiger partial charge in [-0.3, -0.25) is 4.79 Å². The molecule has 1 saturated carbocycles. The average molecular weight is 293 g/mol. The van der Waals surface area contributed by atoms with Crippen LogP contribution in [0.3, 0.4) is 0 Å². The predicted octanol–water partition coefficient (Wildman–Crippen LogP) is 2.33. The fourth-order valence-electron chi connectivity index (χ4n) is 3.66. The lowest BCUT2D eigenvalue weighted by Crippen LogP contribution is -2.54. The maximum atomic E-state index is 12.2. The van der Waals surface area contributed by atoms with Gasteiger partial charge in [-0.2, -0.15) is 0 Å². The Balaban J connectivity index is 2.08. The smallest absolute Gasteiger partial charge is 0.326 e. The number of aryl methyl sites for hydroxylation is 1. The molecule has 1 aliphatic carbocycles. The Hall–Kier alpha value is -1.36. The molecule has 1 fully saturated rings. The molecule has 0 aromatic carbocycles. The first-order valence-corrected chi connectivity index (χ1v) is 7.83. The number of carbonyl (C=O) groups is 1. The normalized spacial score (nSPS) is 25.5. The number of carbonyl (C=O) groups excluding carboxylic acids is 1. The molecule has 1 aromatic heterocycles. The quantitative estimate of drug-likeness (QED) is 0.818. The number of hydrogen-bond acceptors (Lipinski definition) is 4. The minimum atomic E-state index is -0.507. The first-order chi connectivity index (χ1) is 10.0. The van der Waals surface area contributed by atoms with Gasteiger partial charge in [-0.05, 0) is 32.2 Å². The molecular formula is C16H27N3O2. The highest BCUT2D eigenvalue weighted by Crippen LogP contribution is 2.39. The molecule has 2 atom stereocenters. The Labute approximate surface area is 127 Å². The summed E-state index contributed by atoms with van der Waals surface area (Å²) in [7, 11) is 3.34. The lowest BCUT2D eigenvalue weighted by atomic mass is 9.84. The van der Waals surface area contributed by atoms with Gasteiger partial charge in [0.1, 0.15) is 11.4 Å². The first-order valence-electron chi connectivity index (χ1n) is 7.83. The molecule has 1 aromatic rings. The van der Waals surface area contributed by atoms with Gasteiger partial charge in [-0.1, -0.05) is 20.3 Å². The summed E-state index contributed by atoms with van der Waals surface area (Å²) in [5.74, 6) is 1.72. The van der Waals surface area contributed by atoms with E-state index in [1.165, 1.54) is 7.11 Å². The third-order valence-corrected chi connectivity index (χ3v) is 4.80. The third kappa shape index (κ3) is 2.98. The number of hydrogen-bond donors (Lipinski definition) is 1. The minimum Gasteiger partial charge on any atom is -0.468 e. The van der Waals surface area contributed by atoms with Gasteiger partial charge >= 0.3 is 5.97 Å². The molecule has 118 valence electrons. The lowest BCUT2D eigenvalue weighted by molar-refractivity contribution is -0.150. The van der Waals surface area contributed by atoms with Gasteiger partial charge in [0, 0.05) is 24.9 Å². The molecule has 21 heavy (non-hydrogen) atoms. The van der Waals surface area contributed by atoms with Gasteiger partial charge in [-0.15, -0.1) is 0 Å². The zero-order chi connectivity index (χ0) is 15.5. The summed E-state index contributed by atoms with van der Waals surface area (Å²) in [5, 5.41) is 3.25. The Kier molecular flexibility index (Phi) is 5.04. The topological polar surface area (TPSA) is 56.1 Å². The molecule has 2 rings (SSSR count). The second-order valence-corrected chi connectivity index (χ2v) is 6.22. The van der Waals surface area contributed by atoms with Crippen LogP contribution in [0, 0.1) is 5.92 Å². The van der Waals surface area contributed by atoms with E-state index in [2.05, 4.69) is 28.7 Å². The zero-order valence-corrected chi connectivity index (χ0v) is 13.6. The SMILES string of the molecule is CNC1(C(=O)OC)CCCC1CCn1ccnc1C(C)C. The molecule has 0 saturated heterocycles. The molecular weight excluding hydrogens is 266 g/mol. The number of esters is 1. The molecule has 1 N–H and O–H groups in total. The van der Waals surface area contributed by atoms with E-state index in [0.29, 0.717) is 11.8 Å². The van der Waals surface area contributed by atoms with Gasteiger partial charge in [-0.25, -0.2) is 4.98 Å². The van der Waals surface area contributed by atoms with Crippen molar-refractivity contribution in [3.8, 4) is 0 Å². The van der Waals surface area contributed by atoms with E-state index in [1.807, 2.05) is 19.4 Å². The number of imidazole rings is 1. The average Bonchev–Trinajstić information content (AvgIpc) is 3.10. The van der Waals surface area contributed by atoms with Crippen LogP contribution >= 0.6 is 0 Å². The second kappa shape index (κ2) is 6.60. The lowest BCUT2D eigenvalue weighted by Gasteiger charge is -2.32. The second-order valence-electron chi connectivity index (χ2n) is 6.22. The van der Waals surface area contributed by atoms with E-state index >= 15 is 0 Å². The van der Waals surface area contributed by atoms with Crippen molar-refractivity contribution in [3.63, 3.8) is 0 Å². The van der Waals surface area contributed by atoms with Crippen LogP contribution in [0.2, 0.25) is 0 Å². The van der Waals surface area contributed by atoms with Gasteiger partial charge in [0.25, 0.3) is 0 Å². The maximum Gasteiger partial charge on any atom is 0.326 e. The van der Waals surface area contributed by atoms with Crippen molar-refractivity contribution in [1.82, 2.24) is 14.9 Å². The van der Waals surface area contributed by atoms with Crippen molar-refractivity contribution in [2.75, 3.05) is 14.2 Å². The number of methoxy groups -OCH3 is 1. The van der Waals surface area contributed by atoms with Gasteiger partial charge in [0.05, 0.1) is 7.11 Å². The van der Waals surface area contributed by atoms with E-state index in [4.69, 9.17) is 4.74 Å². The number of aromatic nitrogens is 2. The van der Waals surface area contributed by atoms with Gasteiger partial charge in [0.15, 0.2) is 0 Å². The van der Waals surface area contributed by atoms with E-state index in [-0.39, 0.29) is 5.97 Å². The first kappa shape index (κ1) is 16.0. The van der Waals surface area contributed by atoms with Crippen LogP contribution in [-0.2, 0) is 16.1 Å². The monoisotopic (exact) mass is 293 g/mol. The van der Waals surface area contributed by atoms with Crippen LogP contribution in [0.25, 0.3) is 0 Å². The minimum absolute atomic E-state index is 0.123. The van der Waals surface area contributed by atoms with Crippen LogP contribution < -0.4 is 5.32 Å². The molecule has 1 aliphatic rings. The summed E-state index contributed by atoms with van der Waals surface area (Å²) < 4.78 is 7.25. The van der Waals surface area contributed by atoms with Crippen molar-refractivity contribution in [3.05, 3.63) is 18.2 Å². The van der Waals surface area contributed by atoms with Crippen LogP contribution in [0.1, 0.15) is 51.3 Å². The molecule has 1 heterocycles. The number of ether oxygens (including phenoxy) is 1. The molecule has 0 radical (unpaired) electrons. The third-order valence-electron chi connectivity index (χ3n) is 4.80. The van der Waals surface area contributed by atoms with Crippen molar-refractivity contribution >= 4 is 5.97 Å². The number of nitrogens with zero attached hydrogens (tertiary/aromatic N) is 2. The van der Waals surface area contributed by atoms with Crippen molar-refractivity contribution < 1.29 is 9.53 Å². The molecule has 0 spiro atoms. The molecule has 2 unspecified atom stereocenters. The summed E-state index contributed by atoms with van der Waals surface area (Å²) in [6.07, 6.45) is 7.86. The highest BCUT2D eigenvalue weighted by atomic mass is 16.5. The van der Waals surface area contributed by atoms with E-state index < -0.39 is 5.54 Å². The van der Waals surface area contributed by atoms with Crippen LogP contribution in [-0.4, -0.2) is 35.2 Å². The number of rotatable bonds is 6. The van der Waals surface area contributed by atoms with Crippen LogP contribution in [0.4, 0.5) is 0 Å². The van der Waals surface area contributed by atoms with Crippen LogP contribution in [0.5, 0.6) is 0 Å². The van der Waals surface area contributed by atoms with E-state index in [0.717, 1.165) is 38.1 Å².